The lowest BCUT2D eigenvalue weighted by Gasteiger charge is -1.83. The summed E-state index contributed by atoms with van der Waals surface area (Å²) in [5, 5.41) is 0. The Morgan fingerprint density at radius 3 is 2.60 bits per heavy atom. The highest BCUT2D eigenvalue weighted by Crippen LogP contribution is 1.82. The highest BCUT2D eigenvalue weighted by molar-refractivity contribution is 5.93. The first kappa shape index (κ1) is 8.89. The second-order valence-electron chi connectivity index (χ2n) is 1.84. The van der Waals surface area contributed by atoms with Gasteiger partial charge in [0.25, 0.3) is 0 Å². The van der Waals surface area contributed by atoms with E-state index in [-0.39, 0.29) is 0 Å². The van der Waals surface area contributed by atoms with Crippen LogP contribution in [-0.4, -0.2) is 5.71 Å². The van der Waals surface area contributed by atoms with Crippen LogP contribution in [0, 0.1) is 0 Å². The number of nitrogens with zero attached hydrogens (tertiary/aromatic N) is 1. The van der Waals surface area contributed by atoms with E-state index in [0.717, 1.165) is 5.71 Å². The Hall–Kier alpha value is -1.11. The van der Waals surface area contributed by atoms with Gasteiger partial charge in [-0.1, -0.05) is 24.8 Å². The smallest absolute Gasteiger partial charge is 0.0372 e. The highest BCUT2D eigenvalue weighted by atomic mass is 14.7. The normalized spacial score (nSPS) is 13.2. The molecule has 0 radical (unpaired) electrons. The summed E-state index contributed by atoms with van der Waals surface area (Å²) in [6.45, 7) is 7.40. The van der Waals surface area contributed by atoms with Crippen LogP contribution < -0.4 is 0 Å². The van der Waals surface area contributed by atoms with Crippen LogP contribution in [0.5, 0.6) is 0 Å². The molecule has 0 amide bonds. The van der Waals surface area contributed by atoms with Crippen molar-refractivity contribution in [2.45, 2.75) is 13.8 Å². The maximum atomic E-state index is 3.96. The van der Waals surface area contributed by atoms with Crippen LogP contribution in [0.4, 0.5) is 0 Å². The van der Waals surface area contributed by atoms with Crippen LogP contribution in [0.2, 0.25) is 0 Å². The summed E-state index contributed by atoms with van der Waals surface area (Å²) in [4.78, 5) is 3.96. The summed E-state index contributed by atoms with van der Waals surface area (Å²) in [5.41, 5.74) is 0.966. The molecule has 0 unspecified atom stereocenters. The standard InChI is InChI=1S/C9H13N/c1-4-6-7-8-9(3)10-5-2/h4-8H,2H2,1,3H3/b6-4-,8-7-,10-9?. The third-order valence-corrected chi connectivity index (χ3v) is 0.936. The van der Waals surface area contributed by atoms with Gasteiger partial charge in [0.15, 0.2) is 0 Å². The molecule has 0 aromatic carbocycles. The van der Waals surface area contributed by atoms with Crippen molar-refractivity contribution < 1.29 is 0 Å². The zero-order chi connectivity index (χ0) is 7.82. The number of hydrogen-bond acceptors (Lipinski definition) is 1. The van der Waals surface area contributed by atoms with Gasteiger partial charge < -0.3 is 0 Å². The molecule has 0 spiro atoms. The molecule has 0 aliphatic heterocycles. The molecule has 1 heteroatoms. The van der Waals surface area contributed by atoms with Crippen molar-refractivity contribution in [1.82, 2.24) is 0 Å². The summed E-state index contributed by atoms with van der Waals surface area (Å²) in [6.07, 6.45) is 9.35. The largest absolute Gasteiger partial charge is 0.262 e. The summed E-state index contributed by atoms with van der Waals surface area (Å²) in [5.74, 6) is 0. The van der Waals surface area contributed by atoms with E-state index in [1.165, 1.54) is 6.20 Å². The fraction of sp³-hybridized carbons (Fsp3) is 0.222. The molecule has 0 heterocycles. The number of rotatable bonds is 3. The molecule has 0 N–H and O–H groups in total. The summed E-state index contributed by atoms with van der Waals surface area (Å²) in [6, 6.07) is 0. The third-order valence-electron chi connectivity index (χ3n) is 0.936. The number of hydrogen-bond donors (Lipinski definition) is 0. The second-order valence-corrected chi connectivity index (χ2v) is 1.84. The average molecular weight is 135 g/mol. The first-order valence-electron chi connectivity index (χ1n) is 3.26. The Morgan fingerprint density at radius 2 is 2.10 bits per heavy atom. The van der Waals surface area contributed by atoms with Crippen molar-refractivity contribution in [3.05, 3.63) is 37.1 Å². The molecule has 0 atom stereocenters. The molecular weight excluding hydrogens is 122 g/mol. The summed E-state index contributed by atoms with van der Waals surface area (Å²) in [7, 11) is 0. The Kier molecular flexibility index (Phi) is 5.35. The zero-order valence-corrected chi connectivity index (χ0v) is 6.54. The van der Waals surface area contributed by atoms with E-state index in [1.54, 1.807) is 0 Å². The van der Waals surface area contributed by atoms with Gasteiger partial charge in [0.05, 0.1) is 0 Å². The van der Waals surface area contributed by atoms with Gasteiger partial charge in [-0.15, -0.1) is 0 Å². The van der Waals surface area contributed by atoms with E-state index in [2.05, 4.69) is 11.6 Å². The molecule has 0 aliphatic rings. The number of aliphatic imine (C=N–C) groups is 1. The van der Waals surface area contributed by atoms with Gasteiger partial charge in [0.2, 0.25) is 0 Å². The molecule has 54 valence electrons. The Morgan fingerprint density at radius 1 is 1.40 bits per heavy atom. The topological polar surface area (TPSA) is 12.4 Å². The van der Waals surface area contributed by atoms with E-state index >= 15 is 0 Å². The first-order valence-corrected chi connectivity index (χ1v) is 3.26. The van der Waals surface area contributed by atoms with E-state index in [0.29, 0.717) is 0 Å². The molecular formula is C9H13N. The van der Waals surface area contributed by atoms with Gasteiger partial charge in [0, 0.05) is 11.9 Å². The average Bonchev–Trinajstić information content (AvgIpc) is 1.89. The van der Waals surface area contributed by atoms with Gasteiger partial charge in [-0.25, -0.2) is 0 Å². The second kappa shape index (κ2) is 6.02. The fourth-order valence-corrected chi connectivity index (χ4v) is 0.493. The van der Waals surface area contributed by atoms with Crippen LogP contribution >= 0.6 is 0 Å². The first-order chi connectivity index (χ1) is 4.81. The lowest BCUT2D eigenvalue weighted by atomic mass is 10.3. The minimum Gasteiger partial charge on any atom is -0.262 e. The lowest BCUT2D eigenvalue weighted by molar-refractivity contribution is 1.56. The number of allylic oxidation sites excluding steroid dienone is 4. The van der Waals surface area contributed by atoms with E-state index < -0.39 is 0 Å². The van der Waals surface area contributed by atoms with Crippen LogP contribution in [-0.2, 0) is 0 Å². The SMILES string of the molecule is C=CN=C(C)/C=C\C=C/C. The summed E-state index contributed by atoms with van der Waals surface area (Å²) < 4.78 is 0. The quantitative estimate of drug-likeness (QED) is 0.417. The Bertz CT molecular complexity index is 173. The molecule has 0 saturated carbocycles. The maximum Gasteiger partial charge on any atom is 0.0372 e. The van der Waals surface area contributed by atoms with Crippen molar-refractivity contribution in [2.24, 2.45) is 4.99 Å². The van der Waals surface area contributed by atoms with E-state index in [1.807, 2.05) is 38.2 Å². The van der Waals surface area contributed by atoms with Gasteiger partial charge in [0.1, 0.15) is 0 Å². The Balaban J connectivity index is 3.88. The predicted octanol–water partition coefficient (Wildman–Crippen LogP) is 2.72. The molecule has 0 aromatic rings. The monoisotopic (exact) mass is 135 g/mol. The minimum atomic E-state index is 0.966. The Labute approximate surface area is 62.5 Å². The molecule has 0 fully saturated rings. The van der Waals surface area contributed by atoms with E-state index in [9.17, 15) is 0 Å². The molecule has 0 aromatic heterocycles. The van der Waals surface area contributed by atoms with Crippen LogP contribution in [0.1, 0.15) is 13.8 Å². The maximum absolute atomic E-state index is 3.96. The van der Waals surface area contributed by atoms with Crippen molar-refractivity contribution in [3.63, 3.8) is 0 Å². The van der Waals surface area contributed by atoms with Crippen molar-refractivity contribution >= 4 is 5.71 Å². The molecule has 1 nitrogen and oxygen atoms in total. The minimum absolute atomic E-state index is 0.966. The molecule has 0 saturated heterocycles. The lowest BCUT2D eigenvalue weighted by Crippen LogP contribution is -1.79. The molecule has 10 heavy (non-hydrogen) atoms. The van der Waals surface area contributed by atoms with Gasteiger partial charge in [-0.3, -0.25) is 4.99 Å². The fourth-order valence-electron chi connectivity index (χ4n) is 0.493. The molecule has 0 aliphatic carbocycles. The summed E-state index contributed by atoms with van der Waals surface area (Å²) >= 11 is 0. The predicted molar refractivity (Wildman–Crippen MR) is 47.3 cm³/mol. The van der Waals surface area contributed by atoms with Crippen LogP contribution in [0.25, 0.3) is 0 Å². The van der Waals surface area contributed by atoms with Gasteiger partial charge >= 0.3 is 0 Å². The van der Waals surface area contributed by atoms with Crippen molar-refractivity contribution in [3.8, 4) is 0 Å². The van der Waals surface area contributed by atoms with Crippen molar-refractivity contribution in [1.29, 1.82) is 0 Å². The van der Waals surface area contributed by atoms with Crippen LogP contribution in [0.3, 0.4) is 0 Å². The van der Waals surface area contributed by atoms with Crippen LogP contribution in [0.15, 0.2) is 42.1 Å². The highest BCUT2D eigenvalue weighted by Gasteiger charge is 1.75. The molecule has 0 rings (SSSR count). The van der Waals surface area contributed by atoms with Crippen molar-refractivity contribution in [2.75, 3.05) is 0 Å². The zero-order valence-electron chi connectivity index (χ0n) is 6.54. The van der Waals surface area contributed by atoms with Gasteiger partial charge in [-0.05, 0) is 19.9 Å². The van der Waals surface area contributed by atoms with E-state index in [4.69, 9.17) is 0 Å². The van der Waals surface area contributed by atoms with Gasteiger partial charge in [-0.2, -0.15) is 0 Å². The molecule has 0 bridgehead atoms. The third kappa shape index (κ3) is 5.04.